The summed E-state index contributed by atoms with van der Waals surface area (Å²) in [7, 11) is 1.58. The van der Waals surface area contributed by atoms with Crippen LogP contribution in [0.15, 0.2) is 53.1 Å². The molecule has 2 aromatic carbocycles. The molecule has 3 aromatic rings. The minimum absolute atomic E-state index is 0.263. The highest BCUT2D eigenvalue weighted by atomic mass is 19.1. The van der Waals surface area contributed by atoms with Gasteiger partial charge in [-0.1, -0.05) is 23.4 Å². The summed E-state index contributed by atoms with van der Waals surface area (Å²) in [4.78, 5) is 0. The molecule has 0 atom stereocenters. The first-order valence-corrected chi connectivity index (χ1v) is 6.35. The van der Waals surface area contributed by atoms with Gasteiger partial charge in [0.2, 0.25) is 0 Å². The predicted molar refractivity (Wildman–Crippen MR) is 78.3 cm³/mol. The van der Waals surface area contributed by atoms with Crippen molar-refractivity contribution in [1.82, 2.24) is 5.16 Å². The summed E-state index contributed by atoms with van der Waals surface area (Å²) in [5.41, 5.74) is 8.04. The van der Waals surface area contributed by atoms with Gasteiger partial charge in [-0.15, -0.1) is 0 Å². The number of anilines is 1. The second-order valence-electron chi connectivity index (χ2n) is 4.48. The number of rotatable bonds is 3. The van der Waals surface area contributed by atoms with Crippen LogP contribution in [-0.2, 0) is 0 Å². The lowest BCUT2D eigenvalue weighted by Gasteiger charge is -2.08. The molecule has 0 saturated carbocycles. The molecule has 0 aliphatic heterocycles. The number of hydrogen-bond acceptors (Lipinski definition) is 4. The van der Waals surface area contributed by atoms with Gasteiger partial charge in [-0.2, -0.15) is 0 Å². The Morgan fingerprint density at radius 1 is 1.10 bits per heavy atom. The maximum absolute atomic E-state index is 13.1. The van der Waals surface area contributed by atoms with E-state index in [4.69, 9.17) is 15.0 Å². The van der Waals surface area contributed by atoms with Gasteiger partial charge in [0.1, 0.15) is 11.6 Å². The Morgan fingerprint density at radius 2 is 1.81 bits per heavy atom. The second-order valence-corrected chi connectivity index (χ2v) is 4.48. The normalized spacial score (nSPS) is 10.6. The van der Waals surface area contributed by atoms with Gasteiger partial charge in [-0.25, -0.2) is 4.39 Å². The minimum Gasteiger partial charge on any atom is -0.496 e. The molecule has 0 unspecified atom stereocenters. The maximum Gasteiger partial charge on any atom is 0.177 e. The number of halogens is 1. The zero-order chi connectivity index (χ0) is 14.8. The SMILES string of the molecule is COc1ccccc1-c1c(N)noc1-c1ccc(F)cc1. The number of hydrogen-bond donors (Lipinski definition) is 1. The molecular formula is C16H13FN2O2. The average molecular weight is 284 g/mol. The summed E-state index contributed by atoms with van der Waals surface area (Å²) in [6, 6.07) is 13.4. The zero-order valence-corrected chi connectivity index (χ0v) is 11.3. The van der Waals surface area contributed by atoms with Crippen LogP contribution in [0.5, 0.6) is 5.75 Å². The van der Waals surface area contributed by atoms with Crippen LogP contribution in [0.4, 0.5) is 10.2 Å². The van der Waals surface area contributed by atoms with E-state index in [0.29, 0.717) is 22.6 Å². The molecule has 0 aliphatic carbocycles. The summed E-state index contributed by atoms with van der Waals surface area (Å²) < 4.78 is 23.7. The van der Waals surface area contributed by atoms with Crippen molar-refractivity contribution >= 4 is 5.82 Å². The van der Waals surface area contributed by atoms with Crippen molar-refractivity contribution in [2.45, 2.75) is 0 Å². The molecule has 4 nitrogen and oxygen atoms in total. The van der Waals surface area contributed by atoms with E-state index in [0.717, 1.165) is 5.56 Å². The first-order chi connectivity index (χ1) is 10.2. The van der Waals surface area contributed by atoms with E-state index in [9.17, 15) is 4.39 Å². The molecule has 0 aliphatic rings. The van der Waals surface area contributed by atoms with Crippen molar-refractivity contribution in [2.75, 3.05) is 12.8 Å². The van der Waals surface area contributed by atoms with Crippen molar-refractivity contribution < 1.29 is 13.7 Å². The Labute approximate surface area is 120 Å². The van der Waals surface area contributed by atoms with E-state index in [2.05, 4.69) is 5.16 Å². The van der Waals surface area contributed by atoms with Crippen LogP contribution in [0.25, 0.3) is 22.5 Å². The lowest BCUT2D eigenvalue weighted by atomic mass is 10.0. The van der Waals surface area contributed by atoms with Crippen LogP contribution in [0.2, 0.25) is 0 Å². The van der Waals surface area contributed by atoms with Gasteiger partial charge in [-0.3, -0.25) is 0 Å². The average Bonchev–Trinajstić information content (AvgIpc) is 2.89. The zero-order valence-electron chi connectivity index (χ0n) is 11.3. The van der Waals surface area contributed by atoms with E-state index in [1.165, 1.54) is 12.1 Å². The highest BCUT2D eigenvalue weighted by molar-refractivity contribution is 5.89. The summed E-state index contributed by atoms with van der Waals surface area (Å²) >= 11 is 0. The third kappa shape index (κ3) is 2.33. The molecule has 0 amide bonds. The lowest BCUT2D eigenvalue weighted by molar-refractivity contribution is 0.416. The molecule has 2 N–H and O–H groups in total. The highest BCUT2D eigenvalue weighted by Gasteiger charge is 2.20. The summed E-state index contributed by atoms with van der Waals surface area (Å²) in [5, 5.41) is 3.82. The van der Waals surface area contributed by atoms with Crippen molar-refractivity contribution in [3.63, 3.8) is 0 Å². The molecule has 3 rings (SSSR count). The van der Waals surface area contributed by atoms with Crippen LogP contribution >= 0.6 is 0 Å². The molecular weight excluding hydrogens is 271 g/mol. The Balaban J connectivity index is 2.20. The number of nitrogens with two attached hydrogens (primary N) is 1. The minimum atomic E-state index is -0.315. The van der Waals surface area contributed by atoms with Crippen molar-refractivity contribution in [3.05, 3.63) is 54.3 Å². The summed E-state index contributed by atoms with van der Waals surface area (Å²) in [5.74, 6) is 1.09. The first-order valence-electron chi connectivity index (χ1n) is 6.35. The maximum atomic E-state index is 13.1. The van der Waals surface area contributed by atoms with Gasteiger partial charge in [0.25, 0.3) is 0 Å². The van der Waals surface area contributed by atoms with Crippen molar-refractivity contribution in [3.8, 4) is 28.2 Å². The van der Waals surface area contributed by atoms with Crippen LogP contribution in [0, 0.1) is 5.82 Å². The third-order valence-electron chi connectivity index (χ3n) is 3.20. The van der Waals surface area contributed by atoms with Crippen LogP contribution in [-0.4, -0.2) is 12.3 Å². The Kier molecular flexibility index (Phi) is 3.31. The Hall–Kier alpha value is -2.82. The molecule has 1 heterocycles. The molecule has 0 bridgehead atoms. The standard InChI is InChI=1S/C16H13FN2O2/c1-20-13-5-3-2-4-12(13)14-15(21-19-16(14)18)10-6-8-11(17)9-7-10/h2-9H,1H3,(H2,18,19). The molecule has 0 saturated heterocycles. The Bertz CT molecular complexity index is 766. The van der Waals surface area contributed by atoms with Gasteiger partial charge in [-0.05, 0) is 30.3 Å². The monoisotopic (exact) mass is 284 g/mol. The Morgan fingerprint density at radius 3 is 2.52 bits per heavy atom. The summed E-state index contributed by atoms with van der Waals surface area (Å²) in [6.45, 7) is 0. The molecule has 5 heteroatoms. The number of ether oxygens (including phenoxy) is 1. The summed E-state index contributed by atoms with van der Waals surface area (Å²) in [6.07, 6.45) is 0. The van der Waals surface area contributed by atoms with E-state index in [1.54, 1.807) is 19.2 Å². The fourth-order valence-electron chi connectivity index (χ4n) is 2.21. The lowest BCUT2D eigenvalue weighted by Crippen LogP contribution is -1.92. The van der Waals surface area contributed by atoms with Crippen molar-refractivity contribution in [2.24, 2.45) is 0 Å². The molecule has 0 radical (unpaired) electrons. The van der Waals surface area contributed by atoms with Crippen molar-refractivity contribution in [1.29, 1.82) is 0 Å². The highest BCUT2D eigenvalue weighted by Crippen LogP contribution is 2.40. The van der Waals surface area contributed by atoms with Gasteiger partial charge in [0.05, 0.1) is 12.7 Å². The van der Waals surface area contributed by atoms with E-state index < -0.39 is 0 Å². The first kappa shape index (κ1) is 13.2. The number of aromatic nitrogens is 1. The number of nitrogen functional groups attached to an aromatic ring is 1. The second kappa shape index (κ2) is 5.28. The van der Waals surface area contributed by atoms with Crippen LogP contribution < -0.4 is 10.5 Å². The van der Waals surface area contributed by atoms with Crippen LogP contribution in [0.1, 0.15) is 0 Å². The fraction of sp³-hybridized carbons (Fsp3) is 0.0625. The number of benzene rings is 2. The third-order valence-corrected chi connectivity index (χ3v) is 3.20. The molecule has 0 spiro atoms. The van der Waals surface area contributed by atoms with Crippen LogP contribution in [0.3, 0.4) is 0 Å². The van der Waals surface area contributed by atoms with E-state index >= 15 is 0 Å². The van der Waals surface area contributed by atoms with Gasteiger partial charge in [0.15, 0.2) is 11.6 Å². The number of nitrogens with zero attached hydrogens (tertiary/aromatic N) is 1. The molecule has 0 fully saturated rings. The van der Waals surface area contributed by atoms with E-state index in [1.807, 2.05) is 24.3 Å². The topological polar surface area (TPSA) is 61.3 Å². The fourth-order valence-corrected chi connectivity index (χ4v) is 2.21. The number of para-hydroxylation sites is 1. The van der Waals surface area contributed by atoms with Gasteiger partial charge < -0.3 is 15.0 Å². The van der Waals surface area contributed by atoms with Gasteiger partial charge in [0, 0.05) is 11.1 Å². The smallest absolute Gasteiger partial charge is 0.177 e. The predicted octanol–water partition coefficient (Wildman–Crippen LogP) is 3.74. The van der Waals surface area contributed by atoms with Gasteiger partial charge >= 0.3 is 0 Å². The van der Waals surface area contributed by atoms with E-state index in [-0.39, 0.29) is 11.6 Å². The molecule has 106 valence electrons. The number of methoxy groups -OCH3 is 1. The quantitative estimate of drug-likeness (QED) is 0.796. The molecule has 1 aromatic heterocycles. The largest absolute Gasteiger partial charge is 0.496 e. The molecule has 21 heavy (non-hydrogen) atoms.